The van der Waals surface area contributed by atoms with Crippen molar-refractivity contribution in [2.75, 3.05) is 19.6 Å². The molecule has 0 fully saturated rings. The van der Waals surface area contributed by atoms with Crippen LogP contribution in [0.5, 0.6) is 0 Å². The van der Waals surface area contributed by atoms with Gasteiger partial charge in [0.25, 0.3) is 0 Å². The highest BCUT2D eigenvalue weighted by molar-refractivity contribution is 5.80. The van der Waals surface area contributed by atoms with Gasteiger partial charge in [-0.15, -0.1) is 0 Å². The van der Waals surface area contributed by atoms with Crippen LogP contribution in [0.2, 0.25) is 0 Å². The Bertz CT molecular complexity index is 379. The summed E-state index contributed by atoms with van der Waals surface area (Å²) in [4.78, 5) is 22.8. The molecule has 0 aliphatic heterocycles. The van der Waals surface area contributed by atoms with Gasteiger partial charge in [-0.05, 0) is 5.56 Å². The first-order valence-corrected chi connectivity index (χ1v) is 5.99. The SMILES string of the molecule is NCCNC(=O)CCNC(=O)Cc1ccccc1. The average Bonchev–Trinajstić information content (AvgIpc) is 2.37. The first kappa shape index (κ1) is 14.2. The smallest absolute Gasteiger partial charge is 0.224 e. The maximum atomic E-state index is 11.5. The molecule has 0 heterocycles. The predicted octanol–water partition coefficient (Wildman–Crippen LogP) is -0.190. The molecular weight excluding hydrogens is 230 g/mol. The molecule has 0 spiro atoms. The Labute approximate surface area is 107 Å². The van der Waals surface area contributed by atoms with Crippen LogP contribution >= 0.6 is 0 Å². The minimum Gasteiger partial charge on any atom is -0.355 e. The van der Waals surface area contributed by atoms with Gasteiger partial charge in [-0.2, -0.15) is 0 Å². The van der Waals surface area contributed by atoms with E-state index in [2.05, 4.69) is 10.6 Å². The monoisotopic (exact) mass is 249 g/mol. The molecule has 0 saturated heterocycles. The predicted molar refractivity (Wildman–Crippen MR) is 69.8 cm³/mol. The van der Waals surface area contributed by atoms with Crippen molar-refractivity contribution in [2.24, 2.45) is 5.73 Å². The Morgan fingerprint density at radius 1 is 1.00 bits per heavy atom. The number of carbonyl (C=O) groups is 2. The Morgan fingerprint density at radius 2 is 1.67 bits per heavy atom. The first-order valence-electron chi connectivity index (χ1n) is 5.99. The number of hydrogen-bond acceptors (Lipinski definition) is 3. The summed E-state index contributed by atoms with van der Waals surface area (Å²) in [6.07, 6.45) is 0.617. The van der Waals surface area contributed by atoms with Gasteiger partial charge in [0.15, 0.2) is 0 Å². The summed E-state index contributed by atoms with van der Waals surface area (Å²) in [5, 5.41) is 5.35. The molecule has 4 N–H and O–H groups in total. The summed E-state index contributed by atoms with van der Waals surface area (Å²) in [5.41, 5.74) is 6.22. The van der Waals surface area contributed by atoms with Crippen LogP contribution in [0.25, 0.3) is 0 Å². The normalized spacial score (nSPS) is 9.83. The second-order valence-electron chi connectivity index (χ2n) is 3.90. The topological polar surface area (TPSA) is 84.2 Å². The molecule has 18 heavy (non-hydrogen) atoms. The zero-order valence-corrected chi connectivity index (χ0v) is 10.3. The molecule has 0 aliphatic rings. The largest absolute Gasteiger partial charge is 0.355 e. The molecule has 1 aromatic rings. The maximum absolute atomic E-state index is 11.5. The van der Waals surface area contributed by atoms with Crippen molar-refractivity contribution in [3.05, 3.63) is 35.9 Å². The van der Waals surface area contributed by atoms with E-state index in [0.29, 0.717) is 26.1 Å². The van der Waals surface area contributed by atoms with Gasteiger partial charge in [-0.1, -0.05) is 30.3 Å². The molecule has 1 rings (SSSR count). The summed E-state index contributed by atoms with van der Waals surface area (Å²) in [6, 6.07) is 9.48. The van der Waals surface area contributed by atoms with E-state index in [1.165, 1.54) is 0 Å². The van der Waals surface area contributed by atoms with Crippen molar-refractivity contribution < 1.29 is 9.59 Å². The van der Waals surface area contributed by atoms with Gasteiger partial charge >= 0.3 is 0 Å². The van der Waals surface area contributed by atoms with Gasteiger partial charge in [0.05, 0.1) is 6.42 Å². The standard InChI is InChI=1S/C13H19N3O2/c14-7-9-16-12(17)6-8-15-13(18)10-11-4-2-1-3-5-11/h1-5H,6-10,14H2,(H,15,18)(H,16,17). The van der Waals surface area contributed by atoms with Gasteiger partial charge < -0.3 is 16.4 Å². The Kier molecular flexibility index (Phi) is 6.50. The zero-order valence-electron chi connectivity index (χ0n) is 10.3. The van der Waals surface area contributed by atoms with E-state index in [9.17, 15) is 9.59 Å². The molecule has 0 saturated carbocycles. The van der Waals surface area contributed by atoms with Crippen molar-refractivity contribution >= 4 is 11.8 Å². The Hall–Kier alpha value is -1.88. The van der Waals surface area contributed by atoms with Crippen molar-refractivity contribution in [1.82, 2.24) is 10.6 Å². The summed E-state index contributed by atoms with van der Waals surface area (Å²) in [5.74, 6) is -0.173. The lowest BCUT2D eigenvalue weighted by molar-refractivity contribution is -0.122. The van der Waals surface area contributed by atoms with Crippen molar-refractivity contribution in [2.45, 2.75) is 12.8 Å². The number of benzene rings is 1. The summed E-state index contributed by atoms with van der Waals surface area (Å²) < 4.78 is 0. The van der Waals surface area contributed by atoms with E-state index in [4.69, 9.17) is 5.73 Å². The molecule has 0 bridgehead atoms. The minimum absolute atomic E-state index is 0.0761. The molecule has 5 nitrogen and oxygen atoms in total. The van der Waals surface area contributed by atoms with Gasteiger partial charge in [0, 0.05) is 26.1 Å². The minimum atomic E-state index is -0.0968. The third kappa shape index (κ3) is 6.00. The summed E-state index contributed by atoms with van der Waals surface area (Å²) in [7, 11) is 0. The number of nitrogens with one attached hydrogen (secondary N) is 2. The molecule has 98 valence electrons. The van der Waals surface area contributed by atoms with E-state index in [-0.39, 0.29) is 18.2 Å². The quantitative estimate of drug-likeness (QED) is 0.626. The molecule has 1 aromatic carbocycles. The van der Waals surface area contributed by atoms with E-state index in [1.807, 2.05) is 30.3 Å². The van der Waals surface area contributed by atoms with Gasteiger partial charge in [-0.25, -0.2) is 0 Å². The van der Waals surface area contributed by atoms with Crippen LogP contribution in [0.4, 0.5) is 0 Å². The average molecular weight is 249 g/mol. The van der Waals surface area contributed by atoms with Crippen LogP contribution in [0.1, 0.15) is 12.0 Å². The number of carbonyl (C=O) groups excluding carboxylic acids is 2. The molecule has 2 amide bonds. The first-order chi connectivity index (χ1) is 8.72. The van der Waals surface area contributed by atoms with Crippen LogP contribution < -0.4 is 16.4 Å². The van der Waals surface area contributed by atoms with Crippen LogP contribution in [0.15, 0.2) is 30.3 Å². The second-order valence-corrected chi connectivity index (χ2v) is 3.90. The lowest BCUT2D eigenvalue weighted by Crippen LogP contribution is -2.33. The van der Waals surface area contributed by atoms with E-state index < -0.39 is 0 Å². The molecule has 0 atom stereocenters. The van der Waals surface area contributed by atoms with Crippen molar-refractivity contribution in [3.8, 4) is 0 Å². The molecule has 0 aromatic heterocycles. The highest BCUT2D eigenvalue weighted by Crippen LogP contribution is 1.98. The maximum Gasteiger partial charge on any atom is 0.224 e. The van der Waals surface area contributed by atoms with E-state index in [1.54, 1.807) is 0 Å². The summed E-state index contributed by atoms with van der Waals surface area (Å²) in [6.45, 7) is 1.24. The summed E-state index contributed by atoms with van der Waals surface area (Å²) >= 11 is 0. The van der Waals surface area contributed by atoms with Crippen LogP contribution in [0, 0.1) is 0 Å². The highest BCUT2D eigenvalue weighted by Gasteiger charge is 2.04. The fraction of sp³-hybridized carbons (Fsp3) is 0.385. The second kappa shape index (κ2) is 8.25. The molecular formula is C13H19N3O2. The molecule has 0 unspecified atom stereocenters. The molecule has 0 aliphatic carbocycles. The molecule has 0 radical (unpaired) electrons. The zero-order chi connectivity index (χ0) is 13.2. The fourth-order valence-electron chi connectivity index (χ4n) is 1.46. The van der Waals surface area contributed by atoms with Crippen LogP contribution in [0.3, 0.4) is 0 Å². The van der Waals surface area contributed by atoms with Crippen molar-refractivity contribution in [1.29, 1.82) is 0 Å². The lowest BCUT2D eigenvalue weighted by atomic mass is 10.1. The number of nitrogens with two attached hydrogens (primary N) is 1. The Morgan fingerprint density at radius 3 is 2.33 bits per heavy atom. The van der Waals surface area contributed by atoms with Gasteiger partial charge in [0.2, 0.25) is 11.8 Å². The van der Waals surface area contributed by atoms with Crippen LogP contribution in [-0.2, 0) is 16.0 Å². The lowest BCUT2D eigenvalue weighted by Gasteiger charge is -2.06. The number of hydrogen-bond donors (Lipinski definition) is 3. The third-order valence-corrected chi connectivity index (χ3v) is 2.35. The Balaban J connectivity index is 2.16. The van der Waals surface area contributed by atoms with Crippen molar-refractivity contribution in [3.63, 3.8) is 0 Å². The van der Waals surface area contributed by atoms with E-state index >= 15 is 0 Å². The fourth-order valence-corrected chi connectivity index (χ4v) is 1.46. The van der Waals surface area contributed by atoms with E-state index in [0.717, 1.165) is 5.56 Å². The number of rotatable bonds is 7. The van der Waals surface area contributed by atoms with Crippen LogP contribution in [-0.4, -0.2) is 31.4 Å². The number of amides is 2. The van der Waals surface area contributed by atoms with Gasteiger partial charge in [-0.3, -0.25) is 9.59 Å². The van der Waals surface area contributed by atoms with Gasteiger partial charge in [0.1, 0.15) is 0 Å². The molecule has 5 heteroatoms. The third-order valence-electron chi connectivity index (χ3n) is 2.35. The highest BCUT2D eigenvalue weighted by atomic mass is 16.2.